The van der Waals surface area contributed by atoms with Crippen LogP contribution in [0.3, 0.4) is 0 Å². The van der Waals surface area contributed by atoms with Crippen molar-refractivity contribution in [1.29, 1.82) is 0 Å². The van der Waals surface area contributed by atoms with E-state index in [4.69, 9.17) is 0 Å². The van der Waals surface area contributed by atoms with Gasteiger partial charge >= 0.3 is 0 Å². The molecule has 2 rings (SSSR count). The Morgan fingerprint density at radius 1 is 1.41 bits per heavy atom. The monoisotopic (exact) mass is 256 g/mol. The van der Waals surface area contributed by atoms with Crippen molar-refractivity contribution >= 4 is 23.6 Å². The Balaban J connectivity index is 1.95. The smallest absolute Gasteiger partial charge is 0.252 e. The first-order valence-corrected chi connectivity index (χ1v) is 7.38. The molecule has 0 bridgehead atoms. The summed E-state index contributed by atoms with van der Waals surface area (Å²) in [6.07, 6.45) is 4.20. The van der Waals surface area contributed by atoms with Crippen LogP contribution >= 0.6 is 11.8 Å². The van der Waals surface area contributed by atoms with E-state index in [0.29, 0.717) is 11.7 Å². The zero-order valence-corrected chi connectivity index (χ0v) is 11.3. The van der Waals surface area contributed by atoms with Crippen LogP contribution in [0.5, 0.6) is 0 Å². The van der Waals surface area contributed by atoms with Gasteiger partial charge in [0.05, 0.1) is 5.75 Å². The molecule has 1 saturated heterocycles. The molecule has 1 aliphatic heterocycles. The molecule has 17 heavy (non-hydrogen) atoms. The van der Waals surface area contributed by atoms with Gasteiger partial charge < -0.3 is 0 Å². The number of nitrogens with one attached hydrogen (secondary N) is 1. The SMILES string of the molecule is CC(C)C1SCC(=O)N1NC(=O)C1CCCC1. The third-order valence-corrected chi connectivity index (χ3v) is 4.94. The molecule has 0 aromatic carbocycles. The predicted octanol–water partition coefficient (Wildman–Crippen LogP) is 1.77. The summed E-state index contributed by atoms with van der Waals surface area (Å²) in [6, 6.07) is 0. The first-order chi connectivity index (χ1) is 8.09. The maximum absolute atomic E-state index is 12.0. The maximum atomic E-state index is 12.0. The quantitative estimate of drug-likeness (QED) is 0.837. The molecule has 1 heterocycles. The summed E-state index contributed by atoms with van der Waals surface area (Å²) < 4.78 is 0. The zero-order valence-electron chi connectivity index (χ0n) is 10.4. The van der Waals surface area contributed by atoms with Gasteiger partial charge in [0.15, 0.2) is 0 Å². The van der Waals surface area contributed by atoms with Crippen molar-refractivity contribution in [3.8, 4) is 0 Å². The molecule has 1 atom stereocenters. The highest BCUT2D eigenvalue weighted by Gasteiger charge is 2.36. The van der Waals surface area contributed by atoms with E-state index in [9.17, 15) is 9.59 Å². The van der Waals surface area contributed by atoms with Gasteiger partial charge in [0.1, 0.15) is 5.37 Å². The molecular formula is C12H20N2O2S. The molecule has 1 saturated carbocycles. The van der Waals surface area contributed by atoms with Crippen molar-refractivity contribution in [2.75, 3.05) is 5.75 Å². The van der Waals surface area contributed by atoms with E-state index in [1.54, 1.807) is 16.8 Å². The molecular weight excluding hydrogens is 236 g/mol. The van der Waals surface area contributed by atoms with Crippen molar-refractivity contribution in [3.63, 3.8) is 0 Å². The van der Waals surface area contributed by atoms with Gasteiger partial charge in [-0.1, -0.05) is 26.7 Å². The fraction of sp³-hybridized carbons (Fsp3) is 0.833. The number of rotatable bonds is 3. The summed E-state index contributed by atoms with van der Waals surface area (Å²) in [5.41, 5.74) is 2.83. The van der Waals surface area contributed by atoms with E-state index < -0.39 is 0 Å². The minimum atomic E-state index is 0.0278. The maximum Gasteiger partial charge on any atom is 0.252 e. The van der Waals surface area contributed by atoms with Crippen molar-refractivity contribution in [1.82, 2.24) is 10.4 Å². The van der Waals surface area contributed by atoms with Crippen LogP contribution in [0.4, 0.5) is 0 Å². The van der Waals surface area contributed by atoms with Crippen LogP contribution in [-0.2, 0) is 9.59 Å². The van der Waals surface area contributed by atoms with Gasteiger partial charge in [-0.15, -0.1) is 11.8 Å². The largest absolute Gasteiger partial charge is 0.273 e. The van der Waals surface area contributed by atoms with Crippen LogP contribution in [0.15, 0.2) is 0 Å². The van der Waals surface area contributed by atoms with Gasteiger partial charge in [0.2, 0.25) is 5.91 Å². The Hall–Kier alpha value is -0.710. The second-order valence-electron chi connectivity index (χ2n) is 5.17. The Labute approximate surface area is 106 Å². The van der Waals surface area contributed by atoms with E-state index in [1.165, 1.54) is 0 Å². The number of carbonyl (C=O) groups is 2. The molecule has 1 unspecified atom stereocenters. The van der Waals surface area contributed by atoms with Crippen molar-refractivity contribution < 1.29 is 9.59 Å². The molecule has 2 aliphatic rings. The zero-order chi connectivity index (χ0) is 12.4. The molecule has 2 amide bonds. The second-order valence-corrected chi connectivity index (χ2v) is 6.27. The van der Waals surface area contributed by atoms with Gasteiger partial charge in [0, 0.05) is 5.92 Å². The lowest BCUT2D eigenvalue weighted by Crippen LogP contribution is -2.50. The first-order valence-electron chi connectivity index (χ1n) is 6.33. The Kier molecular flexibility index (Phi) is 3.97. The highest BCUT2D eigenvalue weighted by atomic mass is 32.2. The fourth-order valence-electron chi connectivity index (χ4n) is 2.46. The van der Waals surface area contributed by atoms with Crippen LogP contribution in [0.25, 0.3) is 0 Å². The van der Waals surface area contributed by atoms with E-state index in [1.807, 2.05) is 0 Å². The Morgan fingerprint density at radius 3 is 2.65 bits per heavy atom. The third-order valence-electron chi connectivity index (χ3n) is 3.43. The number of hydrogen-bond donors (Lipinski definition) is 1. The van der Waals surface area contributed by atoms with Crippen LogP contribution in [0.2, 0.25) is 0 Å². The van der Waals surface area contributed by atoms with Gasteiger partial charge in [-0.2, -0.15) is 0 Å². The number of hydrogen-bond acceptors (Lipinski definition) is 3. The number of amides is 2. The molecule has 0 aromatic heterocycles. The molecule has 0 spiro atoms. The molecule has 0 radical (unpaired) electrons. The van der Waals surface area contributed by atoms with Crippen molar-refractivity contribution in [2.45, 2.75) is 44.9 Å². The summed E-state index contributed by atoms with van der Waals surface area (Å²) in [4.78, 5) is 23.7. The van der Waals surface area contributed by atoms with Gasteiger partial charge in [-0.3, -0.25) is 15.0 Å². The minimum Gasteiger partial charge on any atom is -0.273 e. The standard InChI is InChI=1S/C12H20N2O2S/c1-8(2)12-14(10(15)7-17-12)13-11(16)9-5-3-4-6-9/h8-9,12H,3-7H2,1-2H3,(H,13,16). The number of nitrogens with zero attached hydrogens (tertiary/aromatic N) is 1. The lowest BCUT2D eigenvalue weighted by molar-refractivity contribution is -0.141. The third kappa shape index (κ3) is 2.76. The van der Waals surface area contributed by atoms with Crippen molar-refractivity contribution in [3.05, 3.63) is 0 Å². The van der Waals surface area contributed by atoms with Gasteiger partial charge in [0.25, 0.3) is 5.91 Å². The topological polar surface area (TPSA) is 49.4 Å². The highest BCUT2D eigenvalue weighted by molar-refractivity contribution is 8.01. The molecule has 2 fully saturated rings. The summed E-state index contributed by atoms with van der Waals surface area (Å²) in [5, 5.41) is 1.64. The number of carbonyl (C=O) groups excluding carboxylic acids is 2. The highest BCUT2D eigenvalue weighted by Crippen LogP contribution is 2.30. The molecule has 5 heteroatoms. The molecule has 4 nitrogen and oxygen atoms in total. The van der Waals surface area contributed by atoms with Crippen LogP contribution in [-0.4, -0.2) is 27.9 Å². The second kappa shape index (κ2) is 5.29. The lowest BCUT2D eigenvalue weighted by Gasteiger charge is -2.28. The Bertz CT molecular complexity index is 314. The van der Waals surface area contributed by atoms with E-state index in [2.05, 4.69) is 19.3 Å². The molecule has 96 valence electrons. The molecule has 1 N–H and O–H groups in total. The number of thioether (sulfide) groups is 1. The summed E-state index contributed by atoms with van der Waals surface area (Å²) in [6.45, 7) is 4.15. The van der Waals surface area contributed by atoms with Crippen LogP contribution in [0.1, 0.15) is 39.5 Å². The summed E-state index contributed by atoms with van der Waals surface area (Å²) in [5.74, 6) is 1.01. The van der Waals surface area contributed by atoms with Crippen LogP contribution in [0, 0.1) is 11.8 Å². The predicted molar refractivity (Wildman–Crippen MR) is 68.0 cm³/mol. The molecule has 1 aliphatic carbocycles. The fourth-order valence-corrected chi connectivity index (χ4v) is 3.61. The van der Waals surface area contributed by atoms with Crippen LogP contribution < -0.4 is 5.43 Å². The average molecular weight is 256 g/mol. The normalized spacial score (nSPS) is 25.9. The Morgan fingerprint density at radius 2 is 2.06 bits per heavy atom. The first kappa shape index (κ1) is 12.7. The van der Waals surface area contributed by atoms with E-state index >= 15 is 0 Å². The minimum absolute atomic E-state index is 0.0278. The summed E-state index contributed by atoms with van der Waals surface area (Å²) >= 11 is 1.61. The molecule has 0 aromatic rings. The number of hydrazine groups is 1. The lowest BCUT2D eigenvalue weighted by atomic mass is 10.1. The van der Waals surface area contributed by atoms with Gasteiger partial charge in [-0.05, 0) is 18.8 Å². The van der Waals surface area contributed by atoms with E-state index in [-0.39, 0.29) is 23.1 Å². The average Bonchev–Trinajstić information content (AvgIpc) is 2.89. The summed E-state index contributed by atoms with van der Waals surface area (Å²) in [7, 11) is 0. The van der Waals surface area contributed by atoms with Gasteiger partial charge in [-0.25, -0.2) is 5.01 Å². The van der Waals surface area contributed by atoms with Crippen molar-refractivity contribution in [2.24, 2.45) is 11.8 Å². The van der Waals surface area contributed by atoms with E-state index in [0.717, 1.165) is 25.7 Å².